The molecule has 0 aromatic heterocycles. The van der Waals surface area contributed by atoms with Gasteiger partial charge in [-0.15, -0.1) is 0 Å². The van der Waals surface area contributed by atoms with E-state index in [4.69, 9.17) is 10.5 Å². The fourth-order valence-corrected chi connectivity index (χ4v) is 1.88. The van der Waals surface area contributed by atoms with Crippen LogP contribution >= 0.6 is 0 Å². The first-order valence-corrected chi connectivity index (χ1v) is 7.46. The SMILES string of the molecule is CCCOc1ccc(C(N)=NCCN(CC)CC)cc1. The van der Waals surface area contributed by atoms with Crippen molar-refractivity contribution in [1.82, 2.24) is 4.90 Å². The predicted octanol–water partition coefficient (Wildman–Crippen LogP) is 2.52. The zero-order valence-electron chi connectivity index (χ0n) is 12.9. The number of hydrogen-bond acceptors (Lipinski definition) is 3. The molecule has 0 unspecified atom stereocenters. The minimum absolute atomic E-state index is 0.596. The van der Waals surface area contributed by atoms with Gasteiger partial charge in [-0.2, -0.15) is 0 Å². The van der Waals surface area contributed by atoms with Crippen molar-refractivity contribution < 1.29 is 4.74 Å². The molecule has 0 aliphatic carbocycles. The van der Waals surface area contributed by atoms with E-state index in [9.17, 15) is 0 Å². The summed E-state index contributed by atoms with van der Waals surface area (Å²) in [6.07, 6.45) is 1.01. The molecule has 1 aromatic rings. The molecule has 0 radical (unpaired) electrons. The van der Waals surface area contributed by atoms with Gasteiger partial charge in [0.25, 0.3) is 0 Å². The molecule has 0 fully saturated rings. The summed E-state index contributed by atoms with van der Waals surface area (Å²) < 4.78 is 5.54. The highest BCUT2D eigenvalue weighted by Crippen LogP contribution is 2.12. The molecule has 0 amide bonds. The summed E-state index contributed by atoms with van der Waals surface area (Å²) in [6.45, 7) is 10.9. The van der Waals surface area contributed by atoms with E-state index in [0.717, 1.165) is 50.5 Å². The van der Waals surface area contributed by atoms with E-state index in [1.54, 1.807) is 0 Å². The Morgan fingerprint density at radius 2 is 1.80 bits per heavy atom. The van der Waals surface area contributed by atoms with Gasteiger partial charge in [0.2, 0.25) is 0 Å². The van der Waals surface area contributed by atoms with Crippen LogP contribution in [0.1, 0.15) is 32.8 Å². The molecule has 0 aliphatic heterocycles. The molecule has 0 heterocycles. The number of likely N-dealkylation sites (N-methyl/N-ethyl adjacent to an activating group) is 1. The van der Waals surface area contributed by atoms with Crippen LogP contribution in [0.25, 0.3) is 0 Å². The lowest BCUT2D eigenvalue weighted by atomic mass is 10.2. The molecule has 0 saturated heterocycles. The van der Waals surface area contributed by atoms with E-state index in [-0.39, 0.29) is 0 Å². The topological polar surface area (TPSA) is 50.9 Å². The number of nitrogens with two attached hydrogens (primary N) is 1. The first-order valence-electron chi connectivity index (χ1n) is 7.46. The monoisotopic (exact) mass is 277 g/mol. The lowest BCUT2D eigenvalue weighted by molar-refractivity contribution is 0.313. The maximum Gasteiger partial charge on any atom is 0.125 e. The molecule has 0 spiro atoms. The van der Waals surface area contributed by atoms with E-state index in [1.165, 1.54) is 0 Å². The Bertz CT molecular complexity index is 397. The molecule has 0 atom stereocenters. The van der Waals surface area contributed by atoms with Crippen molar-refractivity contribution >= 4 is 5.84 Å². The molecule has 4 nitrogen and oxygen atoms in total. The third-order valence-corrected chi connectivity index (χ3v) is 3.22. The van der Waals surface area contributed by atoms with Crippen molar-refractivity contribution in [3.05, 3.63) is 29.8 Å². The van der Waals surface area contributed by atoms with Crippen molar-refractivity contribution in [2.24, 2.45) is 10.7 Å². The first-order chi connectivity index (χ1) is 9.71. The highest BCUT2D eigenvalue weighted by atomic mass is 16.5. The lowest BCUT2D eigenvalue weighted by Crippen LogP contribution is -2.26. The Morgan fingerprint density at radius 3 is 2.35 bits per heavy atom. The van der Waals surface area contributed by atoms with Crippen LogP contribution in [0.3, 0.4) is 0 Å². The van der Waals surface area contributed by atoms with Gasteiger partial charge in [-0.1, -0.05) is 20.8 Å². The number of benzene rings is 1. The Labute approximate surface area is 122 Å². The van der Waals surface area contributed by atoms with Gasteiger partial charge in [0.15, 0.2) is 0 Å². The normalized spacial score (nSPS) is 11.9. The second-order valence-electron chi connectivity index (χ2n) is 4.67. The Morgan fingerprint density at radius 1 is 1.15 bits per heavy atom. The van der Waals surface area contributed by atoms with Crippen LogP contribution in [0.5, 0.6) is 5.75 Å². The third-order valence-electron chi connectivity index (χ3n) is 3.22. The fraction of sp³-hybridized carbons (Fsp3) is 0.562. The highest BCUT2D eigenvalue weighted by molar-refractivity contribution is 5.97. The van der Waals surface area contributed by atoms with Crippen LogP contribution in [-0.4, -0.2) is 43.5 Å². The third kappa shape index (κ3) is 5.61. The fourth-order valence-electron chi connectivity index (χ4n) is 1.88. The largest absolute Gasteiger partial charge is 0.494 e. The molecule has 112 valence electrons. The Kier molecular flexibility index (Phi) is 7.73. The second kappa shape index (κ2) is 9.37. The number of ether oxygens (including phenoxy) is 1. The van der Waals surface area contributed by atoms with Crippen LogP contribution in [0.4, 0.5) is 0 Å². The summed E-state index contributed by atoms with van der Waals surface area (Å²) in [5.74, 6) is 1.48. The van der Waals surface area contributed by atoms with Crippen LogP contribution in [0.2, 0.25) is 0 Å². The van der Waals surface area contributed by atoms with E-state index >= 15 is 0 Å². The summed E-state index contributed by atoms with van der Waals surface area (Å²) in [7, 11) is 0. The second-order valence-corrected chi connectivity index (χ2v) is 4.67. The minimum Gasteiger partial charge on any atom is -0.494 e. The van der Waals surface area contributed by atoms with Gasteiger partial charge in [-0.25, -0.2) is 0 Å². The van der Waals surface area contributed by atoms with Gasteiger partial charge in [0, 0.05) is 12.1 Å². The van der Waals surface area contributed by atoms with Crippen molar-refractivity contribution in [2.75, 3.05) is 32.8 Å². The highest BCUT2D eigenvalue weighted by Gasteiger charge is 2.01. The van der Waals surface area contributed by atoms with Crippen molar-refractivity contribution in [1.29, 1.82) is 0 Å². The lowest BCUT2D eigenvalue weighted by Gasteiger charge is -2.16. The molecular formula is C16H27N3O. The average Bonchev–Trinajstić information content (AvgIpc) is 2.50. The van der Waals surface area contributed by atoms with Crippen LogP contribution in [0, 0.1) is 0 Å². The molecule has 1 rings (SSSR count). The summed E-state index contributed by atoms with van der Waals surface area (Å²) in [4.78, 5) is 6.77. The van der Waals surface area contributed by atoms with E-state index < -0.39 is 0 Å². The van der Waals surface area contributed by atoms with Crippen LogP contribution < -0.4 is 10.5 Å². The van der Waals surface area contributed by atoms with Gasteiger partial charge in [-0.05, 0) is 43.8 Å². The molecule has 20 heavy (non-hydrogen) atoms. The van der Waals surface area contributed by atoms with E-state index in [1.807, 2.05) is 24.3 Å². The molecule has 0 bridgehead atoms. The molecule has 0 aliphatic rings. The number of aliphatic imine (C=N–C) groups is 1. The maximum atomic E-state index is 6.00. The van der Waals surface area contributed by atoms with Gasteiger partial charge in [-0.3, -0.25) is 4.99 Å². The smallest absolute Gasteiger partial charge is 0.125 e. The van der Waals surface area contributed by atoms with E-state index in [2.05, 4.69) is 30.7 Å². The molecule has 2 N–H and O–H groups in total. The van der Waals surface area contributed by atoms with Gasteiger partial charge < -0.3 is 15.4 Å². The van der Waals surface area contributed by atoms with Crippen molar-refractivity contribution in [3.63, 3.8) is 0 Å². The van der Waals surface area contributed by atoms with Crippen molar-refractivity contribution in [3.8, 4) is 5.75 Å². The standard InChI is InChI=1S/C16H27N3O/c1-4-13-20-15-9-7-14(8-10-15)16(17)18-11-12-19(5-2)6-3/h7-10H,4-6,11-13H2,1-3H3,(H2,17,18). The number of rotatable bonds is 9. The molecule has 4 heteroatoms. The van der Waals surface area contributed by atoms with Gasteiger partial charge in [0.05, 0.1) is 13.2 Å². The first kappa shape index (κ1) is 16.5. The van der Waals surface area contributed by atoms with Gasteiger partial charge in [0.1, 0.15) is 11.6 Å². The predicted molar refractivity (Wildman–Crippen MR) is 85.6 cm³/mol. The summed E-state index contributed by atoms with van der Waals surface area (Å²) >= 11 is 0. The molecular weight excluding hydrogens is 250 g/mol. The summed E-state index contributed by atoms with van der Waals surface area (Å²) in [6, 6.07) is 7.80. The maximum absolute atomic E-state index is 6.00. The Hall–Kier alpha value is -1.55. The van der Waals surface area contributed by atoms with E-state index in [0.29, 0.717) is 5.84 Å². The zero-order valence-corrected chi connectivity index (χ0v) is 12.9. The summed E-state index contributed by atoms with van der Waals surface area (Å²) in [5.41, 5.74) is 6.96. The number of nitrogens with zero attached hydrogens (tertiary/aromatic N) is 2. The number of amidine groups is 1. The van der Waals surface area contributed by atoms with Gasteiger partial charge >= 0.3 is 0 Å². The quantitative estimate of drug-likeness (QED) is 0.557. The molecule has 0 saturated carbocycles. The Balaban J connectivity index is 2.51. The van der Waals surface area contributed by atoms with Crippen molar-refractivity contribution in [2.45, 2.75) is 27.2 Å². The van der Waals surface area contributed by atoms with Crippen LogP contribution in [0.15, 0.2) is 29.3 Å². The average molecular weight is 277 g/mol. The summed E-state index contributed by atoms with van der Waals surface area (Å²) in [5, 5.41) is 0. The minimum atomic E-state index is 0.596. The zero-order chi connectivity index (χ0) is 14.8. The van der Waals surface area contributed by atoms with Crippen LogP contribution in [-0.2, 0) is 0 Å². The molecule has 1 aromatic carbocycles. The number of hydrogen-bond donors (Lipinski definition) is 1.